The average Bonchev–Trinajstić information content (AvgIpc) is 2.27. The van der Waals surface area contributed by atoms with Crippen LogP contribution in [0.4, 0.5) is 0 Å². The molecule has 3 nitrogen and oxygen atoms in total. The molecule has 1 aromatic carbocycles. The van der Waals surface area contributed by atoms with Crippen molar-refractivity contribution in [1.82, 2.24) is 5.32 Å². The Morgan fingerprint density at radius 3 is 2.67 bits per heavy atom. The third kappa shape index (κ3) is 5.71. The first-order valence-electron chi connectivity index (χ1n) is 6.29. The number of ether oxygens (including phenoxy) is 1. The summed E-state index contributed by atoms with van der Waals surface area (Å²) in [5.41, 5.74) is 1.02. The lowest BCUT2D eigenvalue weighted by atomic mass is 10.2. The molecule has 0 amide bonds. The fraction of sp³-hybridized carbons (Fsp3) is 0.571. The Bertz CT molecular complexity index is 367. The van der Waals surface area contributed by atoms with E-state index in [-0.39, 0.29) is 0 Å². The summed E-state index contributed by atoms with van der Waals surface area (Å²) in [5.74, 6) is 1.38. The van der Waals surface area contributed by atoms with Crippen molar-refractivity contribution in [3.05, 3.63) is 28.8 Å². The molecule has 4 heteroatoms. The van der Waals surface area contributed by atoms with Crippen molar-refractivity contribution in [1.29, 1.82) is 0 Å². The molecule has 0 spiro atoms. The van der Waals surface area contributed by atoms with Crippen molar-refractivity contribution in [2.45, 2.75) is 33.4 Å². The maximum absolute atomic E-state index is 9.24. The first kappa shape index (κ1) is 15.3. The van der Waals surface area contributed by atoms with Gasteiger partial charge in [0.1, 0.15) is 12.4 Å². The minimum Gasteiger partial charge on any atom is -0.491 e. The Labute approximate surface area is 114 Å². The van der Waals surface area contributed by atoms with E-state index >= 15 is 0 Å². The van der Waals surface area contributed by atoms with Gasteiger partial charge < -0.3 is 15.2 Å². The van der Waals surface area contributed by atoms with E-state index in [9.17, 15) is 5.11 Å². The topological polar surface area (TPSA) is 41.5 Å². The number of hydrogen-bond donors (Lipinski definition) is 2. The molecule has 102 valence electrons. The van der Waals surface area contributed by atoms with Crippen molar-refractivity contribution < 1.29 is 9.84 Å². The summed E-state index contributed by atoms with van der Waals surface area (Å²) >= 11 is 5.99. The Kier molecular flexibility index (Phi) is 6.47. The van der Waals surface area contributed by atoms with Gasteiger partial charge in [0.25, 0.3) is 0 Å². The molecule has 0 fully saturated rings. The smallest absolute Gasteiger partial charge is 0.124 e. The van der Waals surface area contributed by atoms with Gasteiger partial charge >= 0.3 is 0 Å². The molecule has 1 aromatic rings. The van der Waals surface area contributed by atoms with Crippen LogP contribution in [0.2, 0.25) is 5.02 Å². The first-order chi connectivity index (χ1) is 8.49. The number of rotatable bonds is 7. The lowest BCUT2D eigenvalue weighted by Gasteiger charge is -2.14. The van der Waals surface area contributed by atoms with Crippen molar-refractivity contribution in [2.75, 3.05) is 13.2 Å². The van der Waals surface area contributed by atoms with E-state index in [1.807, 2.05) is 12.1 Å². The number of benzene rings is 1. The molecule has 1 atom stereocenters. The highest BCUT2D eigenvalue weighted by Crippen LogP contribution is 2.23. The van der Waals surface area contributed by atoms with Crippen LogP contribution in [-0.2, 0) is 6.54 Å². The zero-order valence-corrected chi connectivity index (χ0v) is 12.0. The van der Waals surface area contributed by atoms with E-state index in [0.717, 1.165) is 17.9 Å². The van der Waals surface area contributed by atoms with Gasteiger partial charge in [-0.1, -0.05) is 25.4 Å². The maximum Gasteiger partial charge on any atom is 0.124 e. The summed E-state index contributed by atoms with van der Waals surface area (Å²) in [6.45, 7) is 7.98. The van der Waals surface area contributed by atoms with Gasteiger partial charge in [0, 0.05) is 17.1 Å². The quantitative estimate of drug-likeness (QED) is 0.801. The van der Waals surface area contributed by atoms with E-state index < -0.39 is 6.10 Å². The summed E-state index contributed by atoms with van der Waals surface area (Å²) in [6, 6.07) is 5.54. The van der Waals surface area contributed by atoms with Crippen molar-refractivity contribution >= 4 is 11.6 Å². The minimum absolute atomic E-state index is 0.290. The molecule has 1 rings (SSSR count). The van der Waals surface area contributed by atoms with Gasteiger partial charge in [-0.3, -0.25) is 0 Å². The van der Waals surface area contributed by atoms with Gasteiger partial charge in [0.2, 0.25) is 0 Å². The van der Waals surface area contributed by atoms with E-state index in [2.05, 4.69) is 19.2 Å². The SMILES string of the molecule is CC(C)CNCc1cc(Cl)ccc1OCC(C)O. The monoisotopic (exact) mass is 271 g/mol. The molecule has 0 radical (unpaired) electrons. The summed E-state index contributed by atoms with van der Waals surface area (Å²) in [6.07, 6.45) is -0.475. The second-order valence-corrected chi connectivity index (χ2v) is 5.37. The van der Waals surface area contributed by atoms with Crippen molar-refractivity contribution in [3.63, 3.8) is 0 Å². The molecule has 0 saturated heterocycles. The lowest BCUT2D eigenvalue weighted by Crippen LogP contribution is -2.20. The number of hydrogen-bond acceptors (Lipinski definition) is 3. The molecular weight excluding hydrogens is 250 g/mol. The van der Waals surface area contributed by atoms with Crippen LogP contribution in [0.3, 0.4) is 0 Å². The minimum atomic E-state index is -0.475. The van der Waals surface area contributed by atoms with Crippen molar-refractivity contribution in [3.8, 4) is 5.75 Å². The van der Waals surface area contributed by atoms with Gasteiger partial charge in [0.05, 0.1) is 6.10 Å². The van der Waals surface area contributed by atoms with E-state index in [4.69, 9.17) is 16.3 Å². The highest BCUT2D eigenvalue weighted by atomic mass is 35.5. The van der Waals surface area contributed by atoms with Gasteiger partial charge in [-0.2, -0.15) is 0 Å². The predicted octanol–water partition coefficient (Wildman–Crippen LogP) is 2.85. The lowest BCUT2D eigenvalue weighted by molar-refractivity contribution is 0.122. The molecule has 0 saturated carbocycles. The average molecular weight is 272 g/mol. The molecule has 0 aliphatic carbocycles. The van der Waals surface area contributed by atoms with Gasteiger partial charge in [-0.05, 0) is 37.6 Å². The zero-order chi connectivity index (χ0) is 13.5. The van der Waals surface area contributed by atoms with Crippen LogP contribution < -0.4 is 10.1 Å². The van der Waals surface area contributed by atoms with Crippen LogP contribution >= 0.6 is 11.6 Å². The van der Waals surface area contributed by atoms with E-state index in [1.54, 1.807) is 13.0 Å². The Morgan fingerprint density at radius 2 is 2.06 bits per heavy atom. The maximum atomic E-state index is 9.24. The van der Waals surface area contributed by atoms with Crippen LogP contribution in [0.5, 0.6) is 5.75 Å². The van der Waals surface area contributed by atoms with Crippen LogP contribution in [0.1, 0.15) is 26.3 Å². The van der Waals surface area contributed by atoms with Crippen LogP contribution in [0, 0.1) is 5.92 Å². The Balaban J connectivity index is 2.64. The molecule has 0 aromatic heterocycles. The fourth-order valence-electron chi connectivity index (χ4n) is 1.53. The molecule has 0 aliphatic rings. The van der Waals surface area contributed by atoms with Gasteiger partial charge in [-0.25, -0.2) is 0 Å². The summed E-state index contributed by atoms with van der Waals surface area (Å²) < 4.78 is 5.56. The van der Waals surface area contributed by atoms with Gasteiger partial charge in [-0.15, -0.1) is 0 Å². The second kappa shape index (κ2) is 7.62. The number of aliphatic hydroxyl groups is 1. The third-order valence-electron chi connectivity index (χ3n) is 2.37. The molecule has 0 aliphatic heterocycles. The van der Waals surface area contributed by atoms with E-state index in [1.165, 1.54) is 0 Å². The Morgan fingerprint density at radius 1 is 1.33 bits per heavy atom. The molecular formula is C14H22ClNO2. The normalized spacial score (nSPS) is 12.8. The van der Waals surface area contributed by atoms with Crippen LogP contribution in [0.15, 0.2) is 18.2 Å². The standard InChI is InChI=1S/C14H22ClNO2/c1-10(2)7-16-8-12-6-13(15)4-5-14(12)18-9-11(3)17/h4-6,10-11,16-17H,7-9H2,1-3H3. The second-order valence-electron chi connectivity index (χ2n) is 4.94. The number of halogens is 1. The predicted molar refractivity (Wildman–Crippen MR) is 75.2 cm³/mol. The first-order valence-corrected chi connectivity index (χ1v) is 6.67. The summed E-state index contributed by atoms with van der Waals surface area (Å²) in [5, 5.41) is 13.3. The van der Waals surface area contributed by atoms with Gasteiger partial charge in [0.15, 0.2) is 0 Å². The molecule has 0 bridgehead atoms. The largest absolute Gasteiger partial charge is 0.491 e. The zero-order valence-electron chi connectivity index (χ0n) is 11.2. The third-order valence-corrected chi connectivity index (χ3v) is 2.61. The number of aliphatic hydroxyl groups excluding tert-OH is 1. The summed E-state index contributed by atoms with van der Waals surface area (Å²) in [4.78, 5) is 0. The Hall–Kier alpha value is -0.770. The number of nitrogens with one attached hydrogen (secondary N) is 1. The molecule has 18 heavy (non-hydrogen) atoms. The van der Waals surface area contributed by atoms with Crippen LogP contribution in [-0.4, -0.2) is 24.4 Å². The molecule has 0 heterocycles. The molecule has 2 N–H and O–H groups in total. The van der Waals surface area contributed by atoms with Crippen molar-refractivity contribution in [2.24, 2.45) is 5.92 Å². The fourth-order valence-corrected chi connectivity index (χ4v) is 1.73. The highest BCUT2D eigenvalue weighted by Gasteiger charge is 2.06. The highest BCUT2D eigenvalue weighted by molar-refractivity contribution is 6.30. The van der Waals surface area contributed by atoms with E-state index in [0.29, 0.717) is 24.1 Å². The molecule has 1 unspecified atom stereocenters. The summed E-state index contributed by atoms with van der Waals surface area (Å²) in [7, 11) is 0. The van der Waals surface area contributed by atoms with Crippen LogP contribution in [0.25, 0.3) is 0 Å².